The second-order valence-electron chi connectivity index (χ2n) is 25.2. The summed E-state index contributed by atoms with van der Waals surface area (Å²) in [5, 5.41) is 41.7. The van der Waals surface area contributed by atoms with Crippen molar-refractivity contribution in [3.05, 3.63) is 0 Å². The standard InChI is InChI=1S/C67H114O20.CO2/c1-4-7-10-13-16-19-20-23-32-50(41-68)85-64(77)56-36-29-26-33-53(56)61(74)82-47-67(46-71,48-83-62(75)54-34-27-30-37-57(54)65(78)86-51(42-69)44-80-59(72)39-24-21-17-14-11-8-5-2)49-84-63(76)55-35-28-31-38-58(55)66(79)87-52(43-70)45-81-60(73)40-25-22-18-15-12-9-6-3;2-1-3/h50-58,68-71H,4-49H2,1-3H3;. The van der Waals surface area contributed by atoms with E-state index in [0.29, 0.717) is 64.2 Å². The van der Waals surface area contributed by atoms with Crippen LogP contribution in [0.2, 0.25) is 0 Å². The van der Waals surface area contributed by atoms with Gasteiger partial charge in [-0.05, 0) is 64.2 Å². The lowest BCUT2D eigenvalue weighted by atomic mass is 9.79. The third kappa shape index (κ3) is 33.5. The van der Waals surface area contributed by atoms with Gasteiger partial charge in [-0.2, -0.15) is 9.59 Å². The van der Waals surface area contributed by atoms with Gasteiger partial charge in [0.05, 0.1) is 67.3 Å². The molecule has 0 amide bonds. The second-order valence-corrected chi connectivity index (χ2v) is 25.2. The molecule has 3 saturated carbocycles. The number of unbranched alkanes of at least 4 members (excludes halogenated alkanes) is 19. The third-order valence-electron chi connectivity index (χ3n) is 17.7. The van der Waals surface area contributed by atoms with Crippen LogP contribution in [0.25, 0.3) is 0 Å². The molecule has 3 aliphatic carbocycles. The van der Waals surface area contributed by atoms with Crippen molar-refractivity contribution in [2.45, 2.75) is 277 Å². The Balaban J connectivity index is 0.00000901. The zero-order valence-electron chi connectivity index (χ0n) is 54.9. The number of carbonyl (C=O) groups is 8. The van der Waals surface area contributed by atoms with Gasteiger partial charge in [-0.25, -0.2) is 0 Å². The van der Waals surface area contributed by atoms with E-state index in [-0.39, 0.29) is 70.9 Å². The number of ether oxygens (including phenoxy) is 8. The minimum Gasteiger partial charge on any atom is -0.464 e. The molecule has 518 valence electrons. The van der Waals surface area contributed by atoms with E-state index in [4.69, 9.17) is 47.5 Å². The van der Waals surface area contributed by atoms with Crippen molar-refractivity contribution in [2.24, 2.45) is 40.9 Å². The molecule has 0 aliphatic heterocycles. The summed E-state index contributed by atoms with van der Waals surface area (Å²) in [7, 11) is 0. The van der Waals surface area contributed by atoms with Gasteiger partial charge >= 0.3 is 53.9 Å². The fraction of sp³-hybridized carbons (Fsp3) is 0.868. The van der Waals surface area contributed by atoms with Gasteiger partial charge in [-0.15, -0.1) is 0 Å². The summed E-state index contributed by atoms with van der Waals surface area (Å²) < 4.78 is 45.5. The molecule has 0 spiro atoms. The smallest absolute Gasteiger partial charge is 0.373 e. The van der Waals surface area contributed by atoms with Crippen molar-refractivity contribution in [1.29, 1.82) is 0 Å². The highest BCUT2D eigenvalue weighted by Gasteiger charge is 2.45. The molecule has 0 aromatic carbocycles. The van der Waals surface area contributed by atoms with E-state index in [2.05, 4.69) is 20.8 Å². The van der Waals surface area contributed by atoms with Gasteiger partial charge in [-0.3, -0.25) is 38.4 Å². The first kappa shape index (κ1) is 81.1. The third-order valence-corrected chi connectivity index (χ3v) is 17.7. The van der Waals surface area contributed by atoms with Crippen LogP contribution < -0.4 is 0 Å². The fourth-order valence-electron chi connectivity index (χ4n) is 12.0. The Morgan fingerprint density at radius 3 is 0.900 bits per heavy atom. The minimum absolute atomic E-state index is 0.188. The van der Waals surface area contributed by atoms with Crippen LogP contribution in [0.4, 0.5) is 0 Å². The molecule has 0 bridgehead atoms. The van der Waals surface area contributed by atoms with Crippen molar-refractivity contribution in [3.63, 3.8) is 0 Å². The summed E-state index contributed by atoms with van der Waals surface area (Å²) >= 11 is 0. The number of esters is 8. The second kappa shape index (κ2) is 50.5. The Bertz CT molecular complexity index is 1950. The molecular formula is C68H114O22. The van der Waals surface area contributed by atoms with Gasteiger partial charge in [0.2, 0.25) is 0 Å². The molecule has 22 heteroatoms. The zero-order valence-corrected chi connectivity index (χ0v) is 54.9. The molecule has 0 heterocycles. The number of aliphatic hydroxyl groups is 4. The van der Waals surface area contributed by atoms with Gasteiger partial charge in [0.25, 0.3) is 0 Å². The summed E-state index contributed by atoms with van der Waals surface area (Å²) in [5.74, 6) is -11.6. The molecule has 9 atom stereocenters. The van der Waals surface area contributed by atoms with Crippen LogP contribution in [0.1, 0.15) is 258 Å². The van der Waals surface area contributed by atoms with Gasteiger partial charge in [0, 0.05) is 12.8 Å². The van der Waals surface area contributed by atoms with E-state index in [0.717, 1.165) is 89.9 Å². The van der Waals surface area contributed by atoms with Crippen molar-refractivity contribution in [3.8, 4) is 0 Å². The predicted octanol–water partition coefficient (Wildman–Crippen LogP) is 10.0. The van der Waals surface area contributed by atoms with Gasteiger partial charge < -0.3 is 58.3 Å². The summed E-state index contributed by atoms with van der Waals surface area (Å²) in [6.45, 7) is 1.23. The van der Waals surface area contributed by atoms with E-state index in [1.807, 2.05) is 0 Å². The van der Waals surface area contributed by atoms with Crippen LogP contribution in [0.15, 0.2) is 0 Å². The molecule has 0 aromatic heterocycles. The first-order valence-electron chi connectivity index (χ1n) is 34.5. The lowest BCUT2D eigenvalue weighted by Gasteiger charge is -2.35. The van der Waals surface area contributed by atoms with Crippen LogP contribution in [-0.4, -0.2) is 152 Å². The van der Waals surface area contributed by atoms with Gasteiger partial charge in [0.15, 0.2) is 12.2 Å². The van der Waals surface area contributed by atoms with E-state index in [1.54, 1.807) is 0 Å². The van der Waals surface area contributed by atoms with Crippen molar-refractivity contribution in [1.82, 2.24) is 0 Å². The maximum Gasteiger partial charge on any atom is 0.373 e. The van der Waals surface area contributed by atoms with Crippen molar-refractivity contribution < 1.29 is 106 Å². The first-order chi connectivity index (χ1) is 43.6. The molecule has 9 unspecified atom stereocenters. The number of hydrogen-bond donors (Lipinski definition) is 4. The fourth-order valence-corrected chi connectivity index (χ4v) is 12.0. The lowest BCUT2D eigenvalue weighted by molar-refractivity contribution is -0.192. The molecule has 4 N–H and O–H groups in total. The van der Waals surface area contributed by atoms with E-state index in [9.17, 15) is 58.8 Å². The van der Waals surface area contributed by atoms with Crippen LogP contribution in [0.3, 0.4) is 0 Å². The average molecular weight is 1280 g/mol. The number of rotatable bonds is 48. The molecule has 0 radical (unpaired) electrons. The van der Waals surface area contributed by atoms with Crippen LogP contribution in [0, 0.1) is 40.9 Å². The van der Waals surface area contributed by atoms with Gasteiger partial charge in [0.1, 0.15) is 39.1 Å². The molecule has 0 aromatic rings. The number of carbonyl (C=O) groups excluding carboxylic acids is 10. The maximum absolute atomic E-state index is 14.2. The Kier molecular flexibility index (Phi) is 45.5. The molecule has 0 saturated heterocycles. The molecule has 3 rings (SSSR count). The predicted molar refractivity (Wildman–Crippen MR) is 329 cm³/mol. The van der Waals surface area contributed by atoms with E-state index >= 15 is 0 Å². The summed E-state index contributed by atoms with van der Waals surface area (Å²) in [6.07, 6.45) is 25.9. The van der Waals surface area contributed by atoms with Crippen LogP contribution >= 0.6 is 0 Å². The Hall–Kier alpha value is -5.02. The molecular weight excluding hydrogens is 1170 g/mol. The Morgan fingerprint density at radius 2 is 0.622 bits per heavy atom. The van der Waals surface area contributed by atoms with Crippen LogP contribution in [-0.2, 0) is 85.8 Å². The highest BCUT2D eigenvalue weighted by atomic mass is 16.6. The molecule has 22 nitrogen and oxygen atoms in total. The summed E-state index contributed by atoms with van der Waals surface area (Å²) in [5.41, 5.74) is -1.80. The SMILES string of the molecule is CCCCCCCCCCC(CO)OC(=O)C1CCCCC1C(=O)OCC(CO)(COC(=O)C1CCCCC1C(=O)OC(CO)COC(=O)CCCCCCCCC)COC(=O)C1CCCCC1C(=O)OC(CO)COC(=O)CCCCCCCCC.O=C=O. The number of hydrogen-bond acceptors (Lipinski definition) is 22. The van der Waals surface area contributed by atoms with Crippen LogP contribution in [0.5, 0.6) is 0 Å². The topological polar surface area (TPSA) is 325 Å². The molecule has 3 fully saturated rings. The quantitative estimate of drug-likeness (QED) is 0.0250. The largest absolute Gasteiger partial charge is 0.464 e. The van der Waals surface area contributed by atoms with Crippen molar-refractivity contribution >= 4 is 53.9 Å². The number of aliphatic hydroxyl groups excluding tert-OH is 4. The molecule has 3 aliphatic rings. The van der Waals surface area contributed by atoms with Gasteiger partial charge in [-0.1, -0.05) is 181 Å². The zero-order chi connectivity index (χ0) is 66.2. The van der Waals surface area contributed by atoms with E-state index < -0.39 is 147 Å². The van der Waals surface area contributed by atoms with Crippen molar-refractivity contribution in [2.75, 3.05) is 59.5 Å². The maximum atomic E-state index is 14.2. The summed E-state index contributed by atoms with van der Waals surface area (Å²) in [6, 6.07) is 0. The van der Waals surface area contributed by atoms with E-state index in [1.165, 1.54) is 38.5 Å². The first-order valence-corrected chi connectivity index (χ1v) is 34.5. The normalized spacial score (nSPS) is 20.6. The highest BCUT2D eigenvalue weighted by Crippen LogP contribution is 2.37. The summed E-state index contributed by atoms with van der Waals surface area (Å²) in [4.78, 5) is 125. The Labute approximate surface area is 535 Å². The Morgan fingerprint density at radius 1 is 0.367 bits per heavy atom. The average Bonchev–Trinajstić information content (AvgIpc) is 3.25. The highest BCUT2D eigenvalue weighted by molar-refractivity contribution is 5.84. The lowest BCUT2D eigenvalue weighted by Crippen LogP contribution is -2.46. The molecule has 90 heavy (non-hydrogen) atoms. The monoisotopic (exact) mass is 1280 g/mol. The minimum atomic E-state index is -1.80.